The summed E-state index contributed by atoms with van der Waals surface area (Å²) in [7, 11) is 0. The highest BCUT2D eigenvalue weighted by Gasteiger charge is 2.34. The molecule has 0 saturated carbocycles. The van der Waals surface area contributed by atoms with Gasteiger partial charge >= 0.3 is 12.2 Å². The SMILES string of the molecule is O=C(NN1C(=O)OC[C@@H]1Cc1ccccc1)OCc1ccccc1. The highest BCUT2D eigenvalue weighted by atomic mass is 16.6. The van der Waals surface area contributed by atoms with Gasteiger partial charge in [0.2, 0.25) is 0 Å². The first kappa shape index (κ1) is 15.9. The molecular formula is C18H18N2O4. The molecule has 0 spiro atoms. The Morgan fingerprint density at radius 2 is 1.71 bits per heavy atom. The number of hydrazine groups is 1. The van der Waals surface area contributed by atoms with Gasteiger partial charge in [-0.2, -0.15) is 0 Å². The molecule has 2 aromatic carbocycles. The Morgan fingerprint density at radius 1 is 1.08 bits per heavy atom. The normalized spacial score (nSPS) is 16.6. The quantitative estimate of drug-likeness (QED) is 0.917. The number of nitrogens with one attached hydrogen (secondary N) is 1. The van der Waals surface area contributed by atoms with Gasteiger partial charge in [0.15, 0.2) is 0 Å². The van der Waals surface area contributed by atoms with Crippen LogP contribution in [0.1, 0.15) is 11.1 Å². The third-order valence-corrected chi connectivity index (χ3v) is 3.70. The number of ether oxygens (including phenoxy) is 2. The molecule has 24 heavy (non-hydrogen) atoms. The Labute approximate surface area is 140 Å². The van der Waals surface area contributed by atoms with E-state index in [4.69, 9.17) is 9.47 Å². The van der Waals surface area contributed by atoms with Crippen molar-refractivity contribution in [3.63, 3.8) is 0 Å². The minimum absolute atomic E-state index is 0.138. The number of cyclic esters (lactones) is 1. The first-order valence-corrected chi connectivity index (χ1v) is 7.69. The minimum atomic E-state index is -0.684. The molecule has 1 atom stereocenters. The lowest BCUT2D eigenvalue weighted by atomic mass is 10.1. The van der Waals surface area contributed by atoms with Crippen molar-refractivity contribution < 1.29 is 19.1 Å². The number of nitrogens with zero attached hydrogens (tertiary/aromatic N) is 1. The van der Waals surface area contributed by atoms with Crippen molar-refractivity contribution in [1.82, 2.24) is 10.4 Å². The lowest BCUT2D eigenvalue weighted by molar-refractivity contribution is 0.0991. The Kier molecular flexibility index (Phi) is 4.96. The average molecular weight is 326 g/mol. The van der Waals surface area contributed by atoms with Crippen LogP contribution in [0.4, 0.5) is 9.59 Å². The van der Waals surface area contributed by atoms with Crippen LogP contribution in [0.3, 0.4) is 0 Å². The largest absolute Gasteiger partial charge is 0.446 e. The maximum atomic E-state index is 11.9. The Morgan fingerprint density at radius 3 is 2.38 bits per heavy atom. The fourth-order valence-corrected chi connectivity index (χ4v) is 2.49. The minimum Gasteiger partial charge on any atom is -0.446 e. The third kappa shape index (κ3) is 4.04. The van der Waals surface area contributed by atoms with Gasteiger partial charge in [0.05, 0.1) is 6.04 Å². The second kappa shape index (κ2) is 7.50. The van der Waals surface area contributed by atoms with Crippen molar-refractivity contribution in [2.75, 3.05) is 6.61 Å². The molecule has 1 heterocycles. The predicted octanol–water partition coefficient (Wildman–Crippen LogP) is 2.89. The molecule has 0 aliphatic carbocycles. The monoisotopic (exact) mass is 326 g/mol. The van der Waals surface area contributed by atoms with E-state index in [0.717, 1.165) is 11.1 Å². The van der Waals surface area contributed by atoms with Crippen LogP contribution in [0.2, 0.25) is 0 Å². The summed E-state index contributed by atoms with van der Waals surface area (Å²) >= 11 is 0. The fourth-order valence-electron chi connectivity index (χ4n) is 2.49. The van der Waals surface area contributed by atoms with E-state index < -0.39 is 12.2 Å². The first-order chi connectivity index (χ1) is 11.7. The molecule has 6 heteroatoms. The molecule has 2 aromatic rings. The van der Waals surface area contributed by atoms with E-state index in [0.29, 0.717) is 6.42 Å². The lowest BCUT2D eigenvalue weighted by Gasteiger charge is -2.21. The molecule has 0 unspecified atom stereocenters. The topological polar surface area (TPSA) is 67.9 Å². The van der Waals surface area contributed by atoms with Crippen molar-refractivity contribution in [2.45, 2.75) is 19.1 Å². The summed E-state index contributed by atoms with van der Waals surface area (Å²) in [6.07, 6.45) is -0.672. The van der Waals surface area contributed by atoms with Crippen LogP contribution >= 0.6 is 0 Å². The highest BCUT2D eigenvalue weighted by Crippen LogP contribution is 2.15. The van der Waals surface area contributed by atoms with Gasteiger partial charge in [-0.05, 0) is 17.5 Å². The zero-order chi connectivity index (χ0) is 16.8. The molecule has 1 saturated heterocycles. The van der Waals surface area contributed by atoms with Gasteiger partial charge in [-0.15, -0.1) is 0 Å². The van der Waals surface area contributed by atoms with E-state index in [2.05, 4.69) is 5.43 Å². The summed E-state index contributed by atoms with van der Waals surface area (Å²) in [4.78, 5) is 23.8. The van der Waals surface area contributed by atoms with E-state index in [9.17, 15) is 9.59 Å². The Bertz CT molecular complexity index is 691. The second-order valence-electron chi connectivity index (χ2n) is 5.46. The number of amides is 2. The maximum Gasteiger partial charge on any atom is 0.429 e. The van der Waals surface area contributed by atoms with E-state index >= 15 is 0 Å². The molecule has 124 valence electrons. The number of carbonyl (C=O) groups is 2. The number of rotatable bonds is 5. The van der Waals surface area contributed by atoms with Crippen molar-refractivity contribution >= 4 is 12.2 Å². The van der Waals surface area contributed by atoms with E-state index in [1.807, 2.05) is 60.7 Å². The van der Waals surface area contributed by atoms with Gasteiger partial charge in [0.1, 0.15) is 13.2 Å². The number of benzene rings is 2. The van der Waals surface area contributed by atoms with Crippen molar-refractivity contribution in [3.05, 3.63) is 71.8 Å². The molecule has 3 rings (SSSR count). The molecule has 2 amide bonds. The van der Waals surface area contributed by atoms with Gasteiger partial charge in [0.25, 0.3) is 0 Å². The summed E-state index contributed by atoms with van der Waals surface area (Å²) in [6, 6.07) is 18.8. The van der Waals surface area contributed by atoms with Gasteiger partial charge in [-0.25, -0.2) is 20.0 Å². The van der Waals surface area contributed by atoms with Crippen LogP contribution < -0.4 is 5.43 Å². The fraction of sp³-hybridized carbons (Fsp3) is 0.222. The van der Waals surface area contributed by atoms with E-state index in [-0.39, 0.29) is 19.3 Å². The van der Waals surface area contributed by atoms with Crippen LogP contribution in [0.25, 0.3) is 0 Å². The first-order valence-electron chi connectivity index (χ1n) is 7.69. The second-order valence-corrected chi connectivity index (χ2v) is 5.46. The molecule has 1 aliphatic heterocycles. The van der Waals surface area contributed by atoms with Gasteiger partial charge < -0.3 is 9.47 Å². The molecule has 0 bridgehead atoms. The molecular weight excluding hydrogens is 308 g/mol. The Balaban J connectivity index is 1.55. The van der Waals surface area contributed by atoms with Crippen molar-refractivity contribution in [1.29, 1.82) is 0 Å². The van der Waals surface area contributed by atoms with E-state index in [1.54, 1.807) is 0 Å². The summed E-state index contributed by atoms with van der Waals surface area (Å²) in [5, 5.41) is 1.19. The zero-order valence-electron chi connectivity index (χ0n) is 13.1. The van der Waals surface area contributed by atoms with Gasteiger partial charge in [0, 0.05) is 0 Å². The predicted molar refractivity (Wildman–Crippen MR) is 86.9 cm³/mol. The number of hydrogen-bond acceptors (Lipinski definition) is 4. The maximum absolute atomic E-state index is 11.9. The van der Waals surface area contributed by atoms with E-state index in [1.165, 1.54) is 5.01 Å². The summed E-state index contributed by atoms with van der Waals surface area (Å²) < 4.78 is 10.2. The van der Waals surface area contributed by atoms with Crippen molar-refractivity contribution in [3.8, 4) is 0 Å². The number of hydrogen-bond donors (Lipinski definition) is 1. The van der Waals surface area contributed by atoms with Crippen LogP contribution in [0, 0.1) is 0 Å². The highest BCUT2D eigenvalue weighted by molar-refractivity contribution is 5.75. The third-order valence-electron chi connectivity index (χ3n) is 3.70. The molecule has 1 fully saturated rings. The van der Waals surface area contributed by atoms with Crippen LogP contribution in [-0.2, 0) is 22.5 Å². The van der Waals surface area contributed by atoms with Gasteiger partial charge in [-0.1, -0.05) is 60.7 Å². The zero-order valence-corrected chi connectivity index (χ0v) is 13.1. The standard InChI is InChI=1S/C18H18N2O4/c21-17(23-12-15-9-5-2-6-10-15)19-20-16(13-24-18(20)22)11-14-7-3-1-4-8-14/h1-10,16H,11-13H2,(H,19,21)/t16-/m0/s1. The Hall–Kier alpha value is -3.02. The molecule has 1 N–H and O–H groups in total. The summed E-state index contributed by atoms with van der Waals surface area (Å²) in [6.45, 7) is 0.367. The smallest absolute Gasteiger partial charge is 0.429 e. The molecule has 0 aromatic heterocycles. The summed E-state index contributed by atoms with van der Waals surface area (Å²) in [5.41, 5.74) is 4.40. The lowest BCUT2D eigenvalue weighted by Crippen LogP contribution is -2.48. The molecule has 1 aliphatic rings. The van der Waals surface area contributed by atoms with Crippen molar-refractivity contribution in [2.24, 2.45) is 0 Å². The van der Waals surface area contributed by atoms with Crippen LogP contribution in [0.5, 0.6) is 0 Å². The number of carbonyl (C=O) groups excluding carboxylic acids is 2. The summed E-state index contributed by atoms with van der Waals surface area (Å²) in [5.74, 6) is 0. The van der Waals surface area contributed by atoms with Gasteiger partial charge in [-0.3, -0.25) is 0 Å². The van der Waals surface area contributed by atoms with Crippen LogP contribution in [0.15, 0.2) is 60.7 Å². The average Bonchev–Trinajstić information content (AvgIpc) is 2.95. The molecule has 0 radical (unpaired) electrons. The molecule has 6 nitrogen and oxygen atoms in total. The van der Waals surface area contributed by atoms with Crippen LogP contribution in [-0.4, -0.2) is 29.8 Å².